The molecule has 16 nitrogen and oxygen atoms in total. The van der Waals surface area contributed by atoms with Crippen molar-refractivity contribution in [1.29, 1.82) is 0 Å². The summed E-state index contributed by atoms with van der Waals surface area (Å²) in [5.74, 6) is -7.17. The number of primary amides is 1. The van der Waals surface area contributed by atoms with Gasteiger partial charge in [-0.3, -0.25) is 4.79 Å². The number of ether oxygens (including phenoxy) is 7. The second-order valence-electron chi connectivity index (χ2n) is 18.3. The third-order valence-electron chi connectivity index (χ3n) is 13.0. The number of hydrogen-bond acceptors (Lipinski definition) is 15. The highest BCUT2D eigenvalue weighted by Gasteiger charge is 2.53. The maximum atomic E-state index is 13.8. The molecule has 2 fully saturated rings. The first-order valence-corrected chi connectivity index (χ1v) is 22.7. The summed E-state index contributed by atoms with van der Waals surface area (Å²) in [6.07, 6.45) is 0.453. The second kappa shape index (κ2) is 24.8. The van der Waals surface area contributed by atoms with Gasteiger partial charge >= 0.3 is 18.0 Å². The number of aliphatic hydroxyl groups is 5. The van der Waals surface area contributed by atoms with Gasteiger partial charge in [-0.15, -0.1) is 0 Å². The Balaban J connectivity index is 1.98. The zero-order valence-corrected chi connectivity index (χ0v) is 39.8. The van der Waals surface area contributed by atoms with Crippen LogP contribution in [-0.4, -0.2) is 124 Å². The summed E-state index contributed by atoms with van der Waals surface area (Å²) in [6.45, 7) is 19.5. The normalized spacial score (nSPS) is 40.6. The van der Waals surface area contributed by atoms with Crippen LogP contribution in [0.2, 0.25) is 0 Å². The molecule has 364 valence electrons. The Morgan fingerprint density at radius 1 is 1.03 bits per heavy atom. The van der Waals surface area contributed by atoms with Gasteiger partial charge in [0.15, 0.2) is 18.2 Å². The maximum Gasteiger partial charge on any atom is 0.404 e. The molecule has 64 heavy (non-hydrogen) atoms. The second-order valence-corrected chi connectivity index (χ2v) is 18.3. The molecular weight excluding hydrogens is 831 g/mol. The van der Waals surface area contributed by atoms with E-state index in [9.17, 15) is 39.9 Å². The molecule has 3 aliphatic rings. The van der Waals surface area contributed by atoms with Crippen LogP contribution in [0.25, 0.3) is 0 Å². The lowest BCUT2D eigenvalue weighted by molar-refractivity contribution is -0.339. The molecule has 3 aliphatic heterocycles. The summed E-state index contributed by atoms with van der Waals surface area (Å²) in [5, 5.41) is 58.5. The maximum absolute atomic E-state index is 13.8. The number of carbonyl (C=O) groups is 3. The smallest absolute Gasteiger partial charge is 0.404 e. The summed E-state index contributed by atoms with van der Waals surface area (Å²) >= 11 is 0. The molecular formula is C48H77NO15. The minimum absolute atomic E-state index is 0.00863. The average Bonchev–Trinajstić information content (AvgIpc) is 3.22. The molecule has 0 aromatic carbocycles. The van der Waals surface area contributed by atoms with Crippen molar-refractivity contribution in [2.75, 3.05) is 7.11 Å². The van der Waals surface area contributed by atoms with E-state index in [0.717, 1.165) is 5.57 Å². The summed E-state index contributed by atoms with van der Waals surface area (Å²) < 4.78 is 41.4. The first-order chi connectivity index (χ1) is 30.0. The van der Waals surface area contributed by atoms with Crippen molar-refractivity contribution < 1.29 is 73.1 Å². The van der Waals surface area contributed by atoms with Crippen LogP contribution in [0.1, 0.15) is 108 Å². The fourth-order valence-electron chi connectivity index (χ4n) is 8.97. The summed E-state index contributed by atoms with van der Waals surface area (Å²) in [7, 11) is 1.30. The third kappa shape index (κ3) is 14.7. The summed E-state index contributed by atoms with van der Waals surface area (Å²) in [6, 6.07) is 0. The monoisotopic (exact) mass is 908 g/mol. The van der Waals surface area contributed by atoms with E-state index in [0.29, 0.717) is 18.4 Å². The van der Waals surface area contributed by atoms with Crippen molar-refractivity contribution in [3.63, 3.8) is 0 Å². The number of hydrogen-bond donors (Lipinski definition) is 6. The van der Waals surface area contributed by atoms with Crippen molar-refractivity contribution >= 4 is 18.0 Å². The van der Waals surface area contributed by atoms with E-state index in [2.05, 4.69) is 0 Å². The molecule has 0 bridgehead atoms. The van der Waals surface area contributed by atoms with Gasteiger partial charge in [0.1, 0.15) is 18.3 Å². The third-order valence-corrected chi connectivity index (χ3v) is 13.0. The van der Waals surface area contributed by atoms with Crippen molar-refractivity contribution in [3.05, 3.63) is 59.4 Å². The summed E-state index contributed by atoms with van der Waals surface area (Å²) in [5.41, 5.74) is 6.80. The number of aliphatic hydroxyl groups excluding tert-OH is 4. The van der Waals surface area contributed by atoms with Crippen molar-refractivity contribution in [1.82, 2.24) is 0 Å². The number of carbonyl (C=O) groups excluding carboxylic acids is 3. The molecule has 1 amide bonds. The highest BCUT2D eigenvalue weighted by Crippen LogP contribution is 2.42. The fraction of sp³-hybridized carbons (Fsp3) is 0.729. The van der Waals surface area contributed by atoms with E-state index >= 15 is 0 Å². The minimum atomic E-state index is -2.04. The van der Waals surface area contributed by atoms with E-state index in [-0.39, 0.29) is 36.9 Å². The number of allylic oxidation sites excluding steroid dienone is 6. The largest absolute Gasteiger partial charge is 0.490 e. The van der Waals surface area contributed by atoms with Gasteiger partial charge < -0.3 is 64.4 Å². The van der Waals surface area contributed by atoms with Crippen LogP contribution in [0.15, 0.2) is 59.4 Å². The number of cyclic esters (lactones) is 1. The number of nitrogens with two attached hydrogens (primary N) is 1. The first-order valence-electron chi connectivity index (χ1n) is 22.7. The number of rotatable bonds is 12. The van der Waals surface area contributed by atoms with Crippen molar-refractivity contribution in [3.8, 4) is 0 Å². The molecule has 7 N–H and O–H groups in total. The van der Waals surface area contributed by atoms with Crippen LogP contribution >= 0.6 is 0 Å². The molecule has 18 atom stereocenters. The fourth-order valence-corrected chi connectivity index (χ4v) is 8.97. The molecule has 0 spiro atoms. The Hall–Kier alpha value is -3.61. The lowest BCUT2D eigenvalue weighted by Gasteiger charge is -2.50. The van der Waals surface area contributed by atoms with Crippen LogP contribution in [-0.2, 0) is 42.7 Å². The van der Waals surface area contributed by atoms with Crippen molar-refractivity contribution in [2.24, 2.45) is 41.2 Å². The van der Waals surface area contributed by atoms with Gasteiger partial charge in [0.05, 0.1) is 43.7 Å². The van der Waals surface area contributed by atoms with E-state index in [1.807, 2.05) is 34.6 Å². The average molecular weight is 908 g/mol. The van der Waals surface area contributed by atoms with Gasteiger partial charge in [-0.25, -0.2) is 9.59 Å². The first kappa shape index (κ1) is 54.7. The molecule has 0 aromatic rings. The molecule has 0 unspecified atom stereocenters. The number of esters is 2. The zero-order chi connectivity index (χ0) is 48.2. The highest BCUT2D eigenvalue weighted by atomic mass is 16.7. The predicted octanol–water partition coefficient (Wildman–Crippen LogP) is 5.29. The van der Waals surface area contributed by atoms with E-state index in [4.69, 9.17) is 38.9 Å². The summed E-state index contributed by atoms with van der Waals surface area (Å²) in [4.78, 5) is 38.2. The Morgan fingerprint density at radius 3 is 2.31 bits per heavy atom. The lowest BCUT2D eigenvalue weighted by atomic mass is 9.77. The van der Waals surface area contributed by atoms with Gasteiger partial charge in [-0.2, -0.15) is 0 Å². The predicted molar refractivity (Wildman–Crippen MR) is 238 cm³/mol. The van der Waals surface area contributed by atoms with Crippen LogP contribution in [0, 0.1) is 35.5 Å². The van der Waals surface area contributed by atoms with E-state index < -0.39 is 115 Å². The molecule has 0 radical (unpaired) electrons. The van der Waals surface area contributed by atoms with Crippen LogP contribution < -0.4 is 5.73 Å². The van der Waals surface area contributed by atoms with Gasteiger partial charge in [-0.1, -0.05) is 96.1 Å². The zero-order valence-electron chi connectivity index (χ0n) is 39.8. The Labute approximate surface area is 379 Å². The topological polar surface area (TPSA) is 243 Å². The number of methoxy groups -OCH3 is 1. The van der Waals surface area contributed by atoms with Gasteiger partial charge in [0.25, 0.3) is 0 Å². The van der Waals surface area contributed by atoms with Crippen molar-refractivity contribution in [2.45, 2.75) is 181 Å². The Kier molecular flexibility index (Phi) is 21.2. The van der Waals surface area contributed by atoms with Crippen LogP contribution in [0.5, 0.6) is 0 Å². The van der Waals surface area contributed by atoms with Gasteiger partial charge in [0.2, 0.25) is 5.76 Å². The van der Waals surface area contributed by atoms with E-state index in [1.54, 1.807) is 71.9 Å². The molecule has 3 rings (SSSR count). The van der Waals surface area contributed by atoms with Gasteiger partial charge in [-0.05, 0) is 52.5 Å². The molecule has 3 heterocycles. The quantitative estimate of drug-likeness (QED) is 0.0828. The lowest BCUT2D eigenvalue weighted by Crippen LogP contribution is -2.59. The highest BCUT2D eigenvalue weighted by molar-refractivity contribution is 5.87. The number of amides is 1. The van der Waals surface area contributed by atoms with Crippen LogP contribution in [0.3, 0.4) is 0 Å². The van der Waals surface area contributed by atoms with Crippen LogP contribution in [0.4, 0.5) is 4.79 Å². The van der Waals surface area contributed by atoms with E-state index in [1.165, 1.54) is 19.3 Å². The minimum Gasteiger partial charge on any atom is -0.490 e. The molecule has 2 saturated heterocycles. The molecule has 0 saturated carbocycles. The molecule has 16 heteroatoms. The Bertz CT molecular complexity index is 1690. The van der Waals surface area contributed by atoms with Gasteiger partial charge in [0, 0.05) is 48.9 Å². The molecule has 0 aliphatic carbocycles. The molecule has 0 aromatic heterocycles. The Morgan fingerprint density at radius 2 is 1.70 bits per heavy atom. The standard InChI is InChI=1S/C48H77NO15/c1-13-16-35-29(7)38(61-40-23-36(60-39(51)17-14-2)45(33(11)59-40)63-47(49)56)24-48(57,64-35)32(10)43(54)31(9)44-34(50)19-15-18-25(3)20-27(5)41(52)30(8)42(53)28(6)21-26(4)22-37(58-12)46(55)62-44/h13,15-16,18-19,21-22,27-36,38,40-45,50,52-54,57H,14,17,20,23-24H2,1-12H3,(H2,49,56)/b16-13+,19-15+,25-18+,26-21+,37-22-/t27-,28-,29-,30+,31+,32+,33+,34+,35-,36+,38-,40-,41+,42-,43-,44-,45+,48-/m1/s1. The SMILES string of the molecule is C/C=C/[C@H]1O[C@@](O)([C@@H](C)[C@H](O)[C@H](C)[C@H]2OC(=O)/C(OC)=C/C(C)=C/[C@@H](C)[C@@H](O)[C@@H](C)[C@@H](O)[C@H](C)C/C(C)=C/C=C/[C@@H]2O)C[C@@H](O[C@@H]2C[C@H](OC(=O)CCC)[C@@H](OC(N)=O)[C@H](C)O2)[C@@H]1C.